The molecule has 10 heteroatoms. The molecule has 1 unspecified atom stereocenters. The number of benzene rings is 2. The van der Waals surface area contributed by atoms with Gasteiger partial charge in [-0.2, -0.15) is 5.10 Å². The number of amidine groups is 1. The molecule has 3 heterocycles. The highest BCUT2D eigenvalue weighted by Crippen LogP contribution is 2.57. The molecule has 6 rings (SSSR count). The van der Waals surface area contributed by atoms with Crippen LogP contribution >= 0.6 is 15.9 Å². The standard InChI is InChI=1S/C26H26BrFN6O2/c1-16-30-15-34(31-16)22-6-3-17(10-23(22)35-2)9-18-12-25(7-8-25)14-33-24(18)32-36-26(33,13-29)20-5-4-19(28)11-21(20)27/h3-6,9-11,15H,7-8,12-14,29H2,1-2H3/b18-9+. The molecular formula is C26H26BrFN6O2. The fourth-order valence-corrected chi connectivity index (χ4v) is 5.88. The van der Waals surface area contributed by atoms with Crippen LogP contribution in [0.4, 0.5) is 4.39 Å². The summed E-state index contributed by atoms with van der Waals surface area (Å²) in [6, 6.07) is 10.6. The van der Waals surface area contributed by atoms with Crippen molar-refractivity contribution in [3.8, 4) is 11.4 Å². The van der Waals surface area contributed by atoms with Crippen LogP contribution in [0, 0.1) is 18.2 Å². The summed E-state index contributed by atoms with van der Waals surface area (Å²) >= 11 is 3.51. The van der Waals surface area contributed by atoms with Gasteiger partial charge in [-0.3, -0.25) is 0 Å². The van der Waals surface area contributed by atoms with E-state index in [0.717, 1.165) is 54.0 Å². The zero-order valence-corrected chi connectivity index (χ0v) is 21.6. The van der Waals surface area contributed by atoms with Gasteiger partial charge in [-0.1, -0.05) is 27.2 Å². The Morgan fingerprint density at radius 1 is 1.25 bits per heavy atom. The summed E-state index contributed by atoms with van der Waals surface area (Å²) in [4.78, 5) is 12.5. The highest BCUT2D eigenvalue weighted by Gasteiger charge is 2.58. The number of rotatable bonds is 5. The zero-order chi connectivity index (χ0) is 25.1. The lowest BCUT2D eigenvalue weighted by Crippen LogP contribution is -2.55. The molecule has 1 saturated heterocycles. The first-order chi connectivity index (χ1) is 17.4. The van der Waals surface area contributed by atoms with E-state index in [1.165, 1.54) is 12.1 Å². The van der Waals surface area contributed by atoms with Gasteiger partial charge >= 0.3 is 0 Å². The Morgan fingerprint density at radius 2 is 2.08 bits per heavy atom. The second kappa shape index (κ2) is 8.41. The predicted octanol–water partition coefficient (Wildman–Crippen LogP) is 4.51. The largest absolute Gasteiger partial charge is 0.494 e. The number of fused-ring (bicyclic) bond motifs is 1. The molecule has 1 saturated carbocycles. The van der Waals surface area contributed by atoms with E-state index in [9.17, 15) is 4.39 Å². The average Bonchev–Trinajstić information content (AvgIpc) is 3.28. The van der Waals surface area contributed by atoms with E-state index in [2.05, 4.69) is 42.1 Å². The van der Waals surface area contributed by atoms with Gasteiger partial charge in [0.1, 0.15) is 29.4 Å². The van der Waals surface area contributed by atoms with Crippen molar-refractivity contribution >= 4 is 27.8 Å². The third-order valence-corrected chi connectivity index (χ3v) is 7.96. The van der Waals surface area contributed by atoms with Crippen molar-refractivity contribution < 1.29 is 14.0 Å². The number of nitrogens with zero attached hydrogens (tertiary/aromatic N) is 5. The summed E-state index contributed by atoms with van der Waals surface area (Å²) in [5.74, 6) is 1.83. The van der Waals surface area contributed by atoms with Crippen LogP contribution in [0.15, 0.2) is 57.9 Å². The molecule has 1 atom stereocenters. The maximum Gasteiger partial charge on any atom is 0.250 e. The van der Waals surface area contributed by atoms with E-state index in [4.69, 9.17) is 15.3 Å². The SMILES string of the molecule is COc1cc(/C=C2\CC3(CC3)CN3C2=NOC3(CN)c2ccc(F)cc2Br)ccc1-n1cnc(C)n1. The Labute approximate surface area is 216 Å². The van der Waals surface area contributed by atoms with Crippen molar-refractivity contribution in [3.05, 3.63) is 75.5 Å². The molecule has 8 nitrogen and oxygen atoms in total. The molecule has 1 aliphatic carbocycles. The summed E-state index contributed by atoms with van der Waals surface area (Å²) < 4.78 is 21.8. The summed E-state index contributed by atoms with van der Waals surface area (Å²) in [5, 5.41) is 8.93. The molecule has 0 amide bonds. The highest BCUT2D eigenvalue weighted by molar-refractivity contribution is 9.10. The van der Waals surface area contributed by atoms with E-state index in [1.54, 1.807) is 24.2 Å². The second-order valence-electron chi connectivity index (χ2n) is 9.72. The molecule has 2 fully saturated rings. The molecule has 2 N–H and O–H groups in total. The van der Waals surface area contributed by atoms with Crippen LogP contribution in [0.3, 0.4) is 0 Å². The molecule has 0 radical (unpaired) electrons. The fraction of sp³-hybridized carbons (Fsp3) is 0.346. The van der Waals surface area contributed by atoms with Gasteiger partial charge < -0.3 is 20.2 Å². The highest BCUT2D eigenvalue weighted by atomic mass is 79.9. The number of hydrogen-bond donors (Lipinski definition) is 1. The molecular weight excluding hydrogens is 527 g/mol. The number of oxime groups is 1. The average molecular weight is 553 g/mol. The Morgan fingerprint density at radius 3 is 2.75 bits per heavy atom. The molecule has 36 heavy (non-hydrogen) atoms. The molecule has 0 bridgehead atoms. The quantitative estimate of drug-likeness (QED) is 0.500. The Hall–Kier alpha value is -3.24. The van der Waals surface area contributed by atoms with E-state index >= 15 is 0 Å². The van der Waals surface area contributed by atoms with E-state index in [-0.39, 0.29) is 17.8 Å². The third-order valence-electron chi connectivity index (χ3n) is 7.30. The van der Waals surface area contributed by atoms with Crippen molar-refractivity contribution in [2.45, 2.75) is 31.9 Å². The van der Waals surface area contributed by atoms with Gasteiger partial charge in [0.25, 0.3) is 5.72 Å². The van der Waals surface area contributed by atoms with Gasteiger partial charge in [-0.25, -0.2) is 14.1 Å². The Bertz CT molecular complexity index is 1420. The first-order valence-electron chi connectivity index (χ1n) is 11.8. The van der Waals surface area contributed by atoms with Crippen LogP contribution in [0.2, 0.25) is 0 Å². The number of piperidine rings is 1. The van der Waals surface area contributed by atoms with Crippen molar-refractivity contribution in [2.75, 3.05) is 20.2 Å². The zero-order valence-electron chi connectivity index (χ0n) is 20.0. The molecule has 2 aromatic carbocycles. The Balaban J connectivity index is 1.39. The number of methoxy groups -OCH3 is 1. The van der Waals surface area contributed by atoms with Gasteiger partial charge in [-0.15, -0.1) is 0 Å². The minimum atomic E-state index is -0.997. The van der Waals surface area contributed by atoms with Crippen LogP contribution in [-0.2, 0) is 10.6 Å². The maximum absolute atomic E-state index is 13.9. The van der Waals surface area contributed by atoms with Crippen molar-refractivity contribution in [2.24, 2.45) is 16.3 Å². The van der Waals surface area contributed by atoms with Crippen LogP contribution in [0.25, 0.3) is 11.8 Å². The van der Waals surface area contributed by atoms with Gasteiger partial charge in [0, 0.05) is 16.6 Å². The predicted molar refractivity (Wildman–Crippen MR) is 137 cm³/mol. The van der Waals surface area contributed by atoms with Crippen molar-refractivity contribution in [1.29, 1.82) is 0 Å². The summed E-state index contributed by atoms with van der Waals surface area (Å²) in [5.41, 5.74) is 9.13. The van der Waals surface area contributed by atoms with Crippen molar-refractivity contribution in [1.82, 2.24) is 19.7 Å². The molecule has 186 valence electrons. The molecule has 1 spiro atoms. The van der Waals surface area contributed by atoms with Crippen molar-refractivity contribution in [3.63, 3.8) is 0 Å². The number of aromatic nitrogens is 3. The molecule has 3 aromatic rings. The summed E-state index contributed by atoms with van der Waals surface area (Å²) in [7, 11) is 1.64. The smallest absolute Gasteiger partial charge is 0.250 e. The van der Waals surface area contributed by atoms with Crippen LogP contribution < -0.4 is 10.5 Å². The first kappa shape index (κ1) is 23.2. The monoisotopic (exact) mass is 552 g/mol. The van der Waals surface area contributed by atoms with E-state index in [1.807, 2.05) is 25.1 Å². The number of hydrogen-bond acceptors (Lipinski definition) is 7. The van der Waals surface area contributed by atoms with Gasteiger partial charge in [0.2, 0.25) is 0 Å². The van der Waals surface area contributed by atoms with Gasteiger partial charge in [-0.05, 0) is 79.1 Å². The van der Waals surface area contributed by atoms with Gasteiger partial charge in [0.05, 0.1) is 13.7 Å². The summed E-state index contributed by atoms with van der Waals surface area (Å²) in [6.07, 6.45) is 6.98. The third kappa shape index (κ3) is 3.70. The minimum absolute atomic E-state index is 0.160. The van der Waals surface area contributed by atoms with E-state index in [0.29, 0.717) is 16.0 Å². The lowest BCUT2D eigenvalue weighted by Gasteiger charge is -2.42. The van der Waals surface area contributed by atoms with Crippen LogP contribution in [0.1, 0.15) is 36.2 Å². The minimum Gasteiger partial charge on any atom is -0.494 e. The fourth-order valence-electron chi connectivity index (χ4n) is 5.22. The lowest BCUT2D eigenvalue weighted by atomic mass is 9.86. The molecule has 1 aromatic heterocycles. The maximum atomic E-state index is 13.9. The van der Waals surface area contributed by atoms with Crippen LogP contribution in [0.5, 0.6) is 5.75 Å². The number of nitrogens with two attached hydrogens (primary N) is 1. The number of halogens is 2. The van der Waals surface area contributed by atoms with Crippen LogP contribution in [-0.4, -0.2) is 45.7 Å². The number of ether oxygens (including phenoxy) is 1. The second-order valence-corrected chi connectivity index (χ2v) is 10.6. The topological polar surface area (TPSA) is 90.8 Å². The Kier molecular flexibility index (Phi) is 5.42. The normalized spacial score (nSPS) is 23.0. The summed E-state index contributed by atoms with van der Waals surface area (Å²) in [6.45, 7) is 2.81. The molecule has 2 aliphatic heterocycles. The first-order valence-corrected chi connectivity index (χ1v) is 12.6. The lowest BCUT2D eigenvalue weighted by molar-refractivity contribution is -0.105. The molecule has 3 aliphatic rings. The van der Waals surface area contributed by atoms with Gasteiger partial charge in [0.15, 0.2) is 5.84 Å². The number of aryl methyl sites for hydroxylation is 1. The van der Waals surface area contributed by atoms with E-state index < -0.39 is 5.72 Å².